The van der Waals surface area contributed by atoms with Crippen LogP contribution in [0.5, 0.6) is 0 Å². The number of ether oxygens (including phenoxy) is 1. The van der Waals surface area contributed by atoms with Gasteiger partial charge in [0.2, 0.25) is 5.91 Å². The van der Waals surface area contributed by atoms with E-state index in [1.54, 1.807) is 13.8 Å². The molecular formula is C24H22FN5O4S2. The number of anilines is 1. The first-order valence-corrected chi connectivity index (χ1v) is 13.1. The molecule has 186 valence electrons. The number of thioether (sulfide) groups is 1. The second kappa shape index (κ2) is 9.86. The molecule has 0 bridgehead atoms. The Balaban J connectivity index is 1.38. The van der Waals surface area contributed by atoms with Gasteiger partial charge >= 0.3 is 5.97 Å². The number of benzene rings is 1. The molecule has 0 fully saturated rings. The van der Waals surface area contributed by atoms with Gasteiger partial charge in [-0.1, -0.05) is 11.8 Å². The largest absolute Gasteiger partial charge is 0.462 e. The number of rotatable bonds is 7. The highest BCUT2D eigenvalue weighted by Gasteiger charge is 2.29. The monoisotopic (exact) mass is 527 g/mol. The average Bonchev–Trinajstić information content (AvgIpc) is 3.54. The van der Waals surface area contributed by atoms with Crippen LogP contribution < -0.4 is 10.9 Å². The first kappa shape index (κ1) is 24.2. The summed E-state index contributed by atoms with van der Waals surface area (Å²) in [6.45, 7) is 3.68. The van der Waals surface area contributed by atoms with Gasteiger partial charge in [-0.05, 0) is 62.9 Å². The summed E-state index contributed by atoms with van der Waals surface area (Å²) >= 11 is 2.48. The maximum Gasteiger partial charge on any atom is 0.341 e. The molecule has 0 saturated carbocycles. The molecule has 5 rings (SSSR count). The third kappa shape index (κ3) is 4.53. The van der Waals surface area contributed by atoms with E-state index in [-0.39, 0.29) is 28.9 Å². The Kier molecular flexibility index (Phi) is 6.63. The fourth-order valence-corrected chi connectivity index (χ4v) is 6.14. The summed E-state index contributed by atoms with van der Waals surface area (Å²) in [5.41, 5.74) is 1.83. The van der Waals surface area contributed by atoms with Crippen LogP contribution in [-0.4, -0.2) is 43.5 Å². The van der Waals surface area contributed by atoms with Crippen LogP contribution in [0.3, 0.4) is 0 Å². The highest BCUT2D eigenvalue weighted by atomic mass is 32.2. The zero-order valence-electron chi connectivity index (χ0n) is 19.5. The van der Waals surface area contributed by atoms with Gasteiger partial charge in [-0.25, -0.2) is 18.9 Å². The summed E-state index contributed by atoms with van der Waals surface area (Å²) in [6.07, 6.45) is 4.03. The lowest BCUT2D eigenvalue weighted by Crippen LogP contribution is -2.24. The van der Waals surface area contributed by atoms with Gasteiger partial charge in [0, 0.05) is 4.88 Å². The smallest absolute Gasteiger partial charge is 0.341 e. The van der Waals surface area contributed by atoms with Gasteiger partial charge in [-0.3, -0.25) is 9.59 Å². The van der Waals surface area contributed by atoms with Crippen LogP contribution in [0.1, 0.15) is 41.1 Å². The van der Waals surface area contributed by atoms with Crippen LogP contribution >= 0.6 is 23.1 Å². The van der Waals surface area contributed by atoms with Gasteiger partial charge in [0.25, 0.3) is 5.56 Å². The number of carbonyl (C=O) groups is 2. The number of fused-ring (bicyclic) bond motifs is 2. The van der Waals surface area contributed by atoms with E-state index in [4.69, 9.17) is 4.74 Å². The zero-order valence-corrected chi connectivity index (χ0v) is 21.1. The van der Waals surface area contributed by atoms with E-state index < -0.39 is 16.8 Å². The Hall–Kier alpha value is -3.51. The molecule has 2 N–H and O–H groups in total. The van der Waals surface area contributed by atoms with Crippen molar-refractivity contribution in [1.29, 1.82) is 0 Å². The van der Waals surface area contributed by atoms with Crippen molar-refractivity contribution in [2.24, 2.45) is 0 Å². The molecule has 3 aromatic heterocycles. The molecule has 3 heterocycles. The quantitative estimate of drug-likeness (QED) is 0.211. The lowest BCUT2D eigenvalue weighted by atomic mass is 10.1. The Morgan fingerprint density at radius 1 is 1.31 bits per heavy atom. The van der Waals surface area contributed by atoms with Crippen molar-refractivity contribution in [3.8, 4) is 5.69 Å². The summed E-state index contributed by atoms with van der Waals surface area (Å²) in [7, 11) is 0. The van der Waals surface area contributed by atoms with Crippen LogP contribution in [0, 0.1) is 5.82 Å². The SMILES string of the molecule is CCOC(=O)c1c(NC(=O)[C@@H](C)Sc2nc3c(cnn3-c3ccc(F)cc3)c(=O)[nH]2)sc2c1CCC2. The number of nitrogens with one attached hydrogen (secondary N) is 2. The minimum atomic E-state index is -0.639. The minimum absolute atomic E-state index is 0.235. The van der Waals surface area contributed by atoms with Gasteiger partial charge in [0.15, 0.2) is 10.8 Å². The Bertz CT molecular complexity index is 1530. The second-order valence-electron chi connectivity index (χ2n) is 8.17. The number of H-pyrrole nitrogens is 1. The van der Waals surface area contributed by atoms with E-state index in [1.165, 1.54) is 46.5 Å². The number of halogens is 1. The maximum absolute atomic E-state index is 13.3. The number of aromatic nitrogens is 4. The molecule has 0 radical (unpaired) electrons. The van der Waals surface area contributed by atoms with Crippen molar-refractivity contribution in [2.45, 2.75) is 43.5 Å². The molecule has 0 aliphatic heterocycles. The number of hydrogen-bond acceptors (Lipinski definition) is 8. The molecule has 4 aromatic rings. The van der Waals surface area contributed by atoms with Crippen molar-refractivity contribution in [2.75, 3.05) is 11.9 Å². The molecular weight excluding hydrogens is 505 g/mol. The number of hydrogen-bond donors (Lipinski definition) is 2. The topological polar surface area (TPSA) is 119 Å². The summed E-state index contributed by atoms with van der Waals surface area (Å²) in [5.74, 6) is -1.16. The highest BCUT2D eigenvalue weighted by molar-refractivity contribution is 8.00. The molecule has 0 spiro atoms. The van der Waals surface area contributed by atoms with E-state index in [1.807, 2.05) is 0 Å². The average molecular weight is 528 g/mol. The number of esters is 1. The van der Waals surface area contributed by atoms with Crippen LogP contribution in [0.4, 0.5) is 9.39 Å². The Morgan fingerprint density at radius 3 is 2.83 bits per heavy atom. The van der Waals surface area contributed by atoms with E-state index in [0.717, 1.165) is 41.5 Å². The third-order valence-electron chi connectivity index (χ3n) is 5.78. The van der Waals surface area contributed by atoms with Gasteiger partial charge in [0.05, 0.1) is 29.3 Å². The normalized spacial score (nSPS) is 13.5. The highest BCUT2D eigenvalue weighted by Crippen LogP contribution is 2.40. The standard InChI is InChI=1S/C24H22FN5O4S2/c1-3-34-23(33)18-15-5-4-6-17(15)36-22(18)28-20(31)12(2)35-24-27-19-16(21(32)29-24)11-26-30(19)14-9-7-13(25)8-10-14/h7-12H,3-6H2,1-2H3,(H,28,31)(H,27,29,32)/t12-/m1/s1. The van der Waals surface area contributed by atoms with Crippen LogP contribution in [0.2, 0.25) is 0 Å². The lowest BCUT2D eigenvalue weighted by molar-refractivity contribution is -0.115. The van der Waals surface area contributed by atoms with E-state index >= 15 is 0 Å². The van der Waals surface area contributed by atoms with Gasteiger partial charge in [-0.2, -0.15) is 5.10 Å². The summed E-state index contributed by atoms with van der Waals surface area (Å²) in [4.78, 5) is 46.5. The molecule has 0 unspecified atom stereocenters. The predicted molar refractivity (Wildman–Crippen MR) is 136 cm³/mol. The minimum Gasteiger partial charge on any atom is -0.462 e. The van der Waals surface area contributed by atoms with Gasteiger partial charge in [-0.15, -0.1) is 11.3 Å². The summed E-state index contributed by atoms with van der Waals surface area (Å²) in [5, 5.41) is 7.44. The van der Waals surface area contributed by atoms with Crippen molar-refractivity contribution >= 4 is 51.0 Å². The number of aromatic amines is 1. The summed E-state index contributed by atoms with van der Waals surface area (Å²) in [6, 6.07) is 5.66. The maximum atomic E-state index is 13.3. The number of aryl methyl sites for hydroxylation is 1. The fourth-order valence-electron chi connectivity index (χ4n) is 4.07. The first-order chi connectivity index (χ1) is 17.4. The van der Waals surface area contributed by atoms with Crippen molar-refractivity contribution in [1.82, 2.24) is 19.7 Å². The first-order valence-electron chi connectivity index (χ1n) is 11.4. The Morgan fingerprint density at radius 2 is 2.08 bits per heavy atom. The van der Waals surface area contributed by atoms with Gasteiger partial charge < -0.3 is 15.0 Å². The van der Waals surface area contributed by atoms with E-state index in [0.29, 0.717) is 21.9 Å². The number of thiophene rings is 1. The van der Waals surface area contributed by atoms with E-state index in [2.05, 4.69) is 20.4 Å². The van der Waals surface area contributed by atoms with Crippen LogP contribution in [0.15, 0.2) is 40.4 Å². The summed E-state index contributed by atoms with van der Waals surface area (Å²) < 4.78 is 20.0. The van der Waals surface area contributed by atoms with Crippen molar-refractivity contribution in [3.63, 3.8) is 0 Å². The molecule has 36 heavy (non-hydrogen) atoms. The van der Waals surface area contributed by atoms with Gasteiger partial charge in [0.1, 0.15) is 16.2 Å². The molecule has 0 saturated heterocycles. The Labute approximate surface area is 213 Å². The molecule has 9 nitrogen and oxygen atoms in total. The molecule has 12 heteroatoms. The zero-order chi connectivity index (χ0) is 25.4. The molecule has 1 amide bonds. The third-order valence-corrected chi connectivity index (χ3v) is 7.97. The number of carbonyl (C=O) groups excluding carboxylic acids is 2. The van der Waals surface area contributed by atoms with E-state index in [9.17, 15) is 18.8 Å². The predicted octanol–water partition coefficient (Wildman–Crippen LogP) is 4.09. The second-order valence-corrected chi connectivity index (χ2v) is 10.6. The van der Waals surface area contributed by atoms with Crippen LogP contribution in [0.25, 0.3) is 16.7 Å². The molecule has 1 aliphatic rings. The lowest BCUT2D eigenvalue weighted by Gasteiger charge is -2.12. The number of amides is 1. The van der Waals surface area contributed by atoms with Crippen molar-refractivity contribution in [3.05, 3.63) is 62.6 Å². The van der Waals surface area contributed by atoms with Crippen molar-refractivity contribution < 1.29 is 18.7 Å². The van der Waals surface area contributed by atoms with Crippen LogP contribution in [-0.2, 0) is 22.4 Å². The molecule has 1 aromatic carbocycles. The molecule has 1 atom stereocenters. The molecule has 1 aliphatic carbocycles. The number of nitrogens with zero attached hydrogens (tertiary/aromatic N) is 3. The fraction of sp³-hybridized carbons (Fsp3) is 0.292.